The van der Waals surface area contributed by atoms with Gasteiger partial charge in [-0.15, -0.1) is 0 Å². The Labute approximate surface area is 233 Å². The number of hydrogen-bond acceptors (Lipinski definition) is 14. The Bertz CT molecular complexity index is 1140. The van der Waals surface area contributed by atoms with Crippen molar-refractivity contribution >= 4 is 43.7 Å². The maximum absolute atomic E-state index is 13.7. The molecule has 5 unspecified atom stereocenters. The van der Waals surface area contributed by atoms with Crippen LogP contribution >= 0.6 is 0 Å². The number of rotatable bonds is 17. The summed E-state index contributed by atoms with van der Waals surface area (Å²) in [6.45, 7) is 0.283. The van der Waals surface area contributed by atoms with Crippen LogP contribution in [0.5, 0.6) is 0 Å². The maximum atomic E-state index is 13.7. The van der Waals surface area contributed by atoms with E-state index in [1.54, 1.807) is 0 Å². The van der Waals surface area contributed by atoms with Crippen LogP contribution in [-0.4, -0.2) is 110 Å². The highest BCUT2D eigenvalue weighted by molar-refractivity contribution is 7.86. The first-order chi connectivity index (χ1) is 18.4. The van der Waals surface area contributed by atoms with Crippen molar-refractivity contribution < 1.29 is 44.3 Å². The van der Waals surface area contributed by atoms with Crippen LogP contribution in [0.4, 0.5) is 0 Å². The molecule has 1 fully saturated rings. The number of ketones is 2. The van der Waals surface area contributed by atoms with Crippen LogP contribution in [0.25, 0.3) is 0 Å². The summed E-state index contributed by atoms with van der Waals surface area (Å²) in [5.74, 6) is -3.79. The number of nitrogens with zero attached hydrogens (tertiary/aromatic N) is 2. The molecule has 0 saturated carbocycles. The number of ether oxygens (including phenoxy) is 2. The van der Waals surface area contributed by atoms with Gasteiger partial charge >= 0.3 is 0 Å². The number of nitrogens with two attached hydrogens (primary N) is 6. The fraction of sp³-hybridized carbons (Fsp3) is 0.800. The first-order valence-electron chi connectivity index (χ1n) is 12.0. The largest absolute Gasteiger partial charge is 0.370 e. The Kier molecular flexibility index (Phi) is 13.8. The van der Waals surface area contributed by atoms with Crippen molar-refractivity contribution in [2.75, 3.05) is 32.7 Å². The third kappa shape index (κ3) is 12.0. The summed E-state index contributed by atoms with van der Waals surface area (Å²) in [6, 6.07) is -2.52. The molecule has 1 aliphatic rings. The molecule has 0 aromatic heterocycles. The van der Waals surface area contributed by atoms with Gasteiger partial charge in [-0.1, -0.05) is 0 Å². The minimum absolute atomic E-state index is 0.00843. The van der Waals surface area contributed by atoms with Gasteiger partial charge in [0.2, 0.25) is 0 Å². The van der Waals surface area contributed by atoms with Gasteiger partial charge in [-0.25, -0.2) is 0 Å². The molecule has 0 spiro atoms. The summed E-state index contributed by atoms with van der Waals surface area (Å²) in [5, 5.41) is 0. The highest BCUT2D eigenvalue weighted by atomic mass is 32.2. The van der Waals surface area contributed by atoms with E-state index in [0.29, 0.717) is 12.5 Å². The molecule has 0 aliphatic carbocycles. The molecule has 20 heteroatoms. The molecule has 1 rings (SSSR count). The fourth-order valence-electron chi connectivity index (χ4n) is 3.98. The zero-order valence-electron chi connectivity index (χ0n) is 22.5. The standard InChI is InChI=1S/C20H40N8O10S2/c1-35-18-17(38-40(3,33)34)16(37-39(2,31)32)12(13(29)10(21)6-4-8-27-19(23)24)15(36-18)14(30)11(22)7-5-9-28-20(25)26/h10-12,15-18H,4-9,21-22H2,1-3H3,(H4,23,24,27)(H4,25,26,28)/t10-,11-,12?,15?,16?,17?,18?/m0/s1. The van der Waals surface area contributed by atoms with Gasteiger partial charge in [0, 0.05) is 20.2 Å². The van der Waals surface area contributed by atoms with Gasteiger partial charge in [0.05, 0.1) is 30.5 Å². The van der Waals surface area contributed by atoms with Crippen molar-refractivity contribution in [1.82, 2.24) is 0 Å². The second kappa shape index (κ2) is 15.5. The van der Waals surface area contributed by atoms with Crippen LogP contribution in [-0.2, 0) is 47.7 Å². The summed E-state index contributed by atoms with van der Waals surface area (Å²) in [5.41, 5.74) is 33.3. The predicted octanol–water partition coefficient (Wildman–Crippen LogP) is -4.44. The zero-order valence-corrected chi connectivity index (χ0v) is 24.2. The maximum Gasteiger partial charge on any atom is 0.264 e. The smallest absolute Gasteiger partial charge is 0.264 e. The molecule has 0 aromatic rings. The van der Waals surface area contributed by atoms with E-state index in [-0.39, 0.29) is 50.7 Å². The molecule has 18 nitrogen and oxygen atoms in total. The lowest BCUT2D eigenvalue weighted by atomic mass is 9.79. The number of carbonyl (C=O) groups is 2. The summed E-state index contributed by atoms with van der Waals surface area (Å²) in [6.07, 6.45) is -5.19. The Balaban J connectivity index is 3.51. The number of methoxy groups -OCH3 is 1. The van der Waals surface area contributed by atoms with E-state index in [1.807, 2.05) is 0 Å². The van der Waals surface area contributed by atoms with Crippen molar-refractivity contribution in [3.8, 4) is 0 Å². The van der Waals surface area contributed by atoms with E-state index >= 15 is 0 Å². The third-order valence-electron chi connectivity index (χ3n) is 5.63. The lowest BCUT2D eigenvalue weighted by Crippen LogP contribution is -2.64. The lowest BCUT2D eigenvalue weighted by molar-refractivity contribution is -0.257. The number of hydrogen-bond donors (Lipinski definition) is 6. The molecule has 0 aromatic carbocycles. The van der Waals surface area contributed by atoms with Crippen LogP contribution in [0.2, 0.25) is 0 Å². The second-order valence-corrected chi connectivity index (χ2v) is 12.3. The average molecular weight is 617 g/mol. The quantitative estimate of drug-likeness (QED) is 0.0388. The van der Waals surface area contributed by atoms with Gasteiger partial charge in [-0.05, 0) is 25.7 Å². The van der Waals surface area contributed by atoms with Gasteiger partial charge in [-0.2, -0.15) is 16.8 Å². The molecule has 0 amide bonds. The topological polar surface area (TPSA) is 320 Å². The SMILES string of the molecule is COC1OC(C(=O)[C@@H](N)CCCN=C(N)N)C(C(=O)[C@@H](N)CCCN=C(N)N)C(OS(C)(=O)=O)C1OS(C)(=O)=O. The third-order valence-corrected chi connectivity index (χ3v) is 6.78. The van der Waals surface area contributed by atoms with E-state index in [1.165, 1.54) is 0 Å². The van der Waals surface area contributed by atoms with Crippen LogP contribution in [0.15, 0.2) is 9.98 Å². The minimum atomic E-state index is -4.37. The molecule has 1 saturated heterocycles. The highest BCUT2D eigenvalue weighted by Gasteiger charge is 2.56. The first kappa shape index (κ1) is 35.6. The lowest BCUT2D eigenvalue weighted by Gasteiger charge is -2.44. The fourth-order valence-corrected chi connectivity index (χ4v) is 5.22. The molecule has 232 valence electrons. The number of aliphatic imine (C=N–C) groups is 2. The summed E-state index contributed by atoms with van der Waals surface area (Å²) < 4.78 is 69.6. The van der Waals surface area contributed by atoms with Gasteiger partial charge in [0.15, 0.2) is 35.9 Å². The molecule has 40 heavy (non-hydrogen) atoms. The molecule has 0 radical (unpaired) electrons. The molecule has 1 aliphatic heterocycles. The normalized spacial score (nSPS) is 25.0. The van der Waals surface area contributed by atoms with Gasteiger partial charge in [0.1, 0.15) is 12.2 Å². The zero-order chi connectivity index (χ0) is 30.8. The Morgan fingerprint density at radius 2 is 1.23 bits per heavy atom. The van der Waals surface area contributed by atoms with Crippen molar-refractivity contribution in [2.45, 2.75) is 62.4 Å². The molecular weight excluding hydrogens is 576 g/mol. The van der Waals surface area contributed by atoms with Crippen molar-refractivity contribution in [1.29, 1.82) is 0 Å². The van der Waals surface area contributed by atoms with Crippen LogP contribution in [0.1, 0.15) is 25.7 Å². The summed E-state index contributed by atoms with van der Waals surface area (Å²) in [7, 11) is -7.56. The van der Waals surface area contributed by atoms with Crippen LogP contribution in [0, 0.1) is 5.92 Å². The first-order valence-corrected chi connectivity index (χ1v) is 15.7. The Morgan fingerprint density at radius 1 is 0.800 bits per heavy atom. The minimum Gasteiger partial charge on any atom is -0.370 e. The molecule has 7 atom stereocenters. The highest BCUT2D eigenvalue weighted by Crippen LogP contribution is 2.35. The van der Waals surface area contributed by atoms with Crippen molar-refractivity contribution in [3.63, 3.8) is 0 Å². The molecule has 0 bridgehead atoms. The van der Waals surface area contributed by atoms with E-state index in [4.69, 9.17) is 52.2 Å². The van der Waals surface area contributed by atoms with E-state index < -0.39 is 74.4 Å². The summed E-state index contributed by atoms with van der Waals surface area (Å²) >= 11 is 0. The van der Waals surface area contributed by atoms with E-state index in [2.05, 4.69) is 9.98 Å². The van der Waals surface area contributed by atoms with Gasteiger partial charge in [-0.3, -0.25) is 27.9 Å². The van der Waals surface area contributed by atoms with Gasteiger partial charge in [0.25, 0.3) is 20.2 Å². The number of carbonyl (C=O) groups excluding carboxylic acids is 2. The Morgan fingerprint density at radius 3 is 1.62 bits per heavy atom. The molecular formula is C20H40N8O10S2. The average Bonchev–Trinajstić information content (AvgIpc) is 2.82. The Hall–Kier alpha value is -2.46. The second-order valence-electron chi connectivity index (χ2n) is 9.13. The van der Waals surface area contributed by atoms with Crippen LogP contribution in [0.3, 0.4) is 0 Å². The number of Topliss-reactive ketones (excluding diaryl/α,β-unsaturated/α-hetero) is 2. The van der Waals surface area contributed by atoms with Crippen molar-refractivity contribution in [3.05, 3.63) is 0 Å². The van der Waals surface area contributed by atoms with Crippen molar-refractivity contribution in [2.24, 2.45) is 50.3 Å². The predicted molar refractivity (Wildman–Crippen MR) is 144 cm³/mol. The molecule has 12 N–H and O–H groups in total. The van der Waals surface area contributed by atoms with Crippen LogP contribution < -0.4 is 34.4 Å². The van der Waals surface area contributed by atoms with E-state index in [0.717, 1.165) is 7.11 Å². The van der Waals surface area contributed by atoms with Gasteiger partial charge < -0.3 is 43.9 Å². The number of guanidine groups is 2. The summed E-state index contributed by atoms with van der Waals surface area (Å²) in [4.78, 5) is 34.7. The monoisotopic (exact) mass is 616 g/mol. The molecule has 1 heterocycles. The van der Waals surface area contributed by atoms with E-state index in [9.17, 15) is 26.4 Å².